The third kappa shape index (κ3) is 4.71. The molecule has 1 heterocycles. The van der Waals surface area contributed by atoms with Gasteiger partial charge in [0.1, 0.15) is 0 Å². The molecule has 1 aromatic rings. The zero-order valence-corrected chi connectivity index (χ0v) is 14.0. The number of halogens is 2. The van der Waals surface area contributed by atoms with E-state index in [1.165, 1.54) is 18.2 Å². The Labute approximate surface area is 143 Å². The second-order valence-corrected chi connectivity index (χ2v) is 7.40. The first kappa shape index (κ1) is 19.2. The summed E-state index contributed by atoms with van der Waals surface area (Å²) in [4.78, 5) is 23.1. The molecule has 1 saturated heterocycles. The van der Waals surface area contributed by atoms with Crippen LogP contribution in [0.25, 0.3) is 0 Å². The fraction of sp³-hybridized carbons (Fsp3) is 0.429. The number of nitrogens with zero attached hydrogens (tertiary/aromatic N) is 1. The van der Waals surface area contributed by atoms with Crippen LogP contribution in [0.2, 0.25) is 0 Å². The number of nitrogens with one attached hydrogen (secondary N) is 2. The standard InChI is InChI=1S/C14H18F2N4O4S/c15-14(16,8-17)9-19-13(22)10-2-1-3-11(6-10)25(23,24)20-5-4-18-12(21)7-20/h1-3,6H,4-5,7-9,17H2,(H,18,21)(H,19,22). The highest BCUT2D eigenvalue weighted by Crippen LogP contribution is 2.18. The van der Waals surface area contributed by atoms with Gasteiger partial charge in [0, 0.05) is 18.7 Å². The van der Waals surface area contributed by atoms with Crippen molar-refractivity contribution in [2.24, 2.45) is 5.73 Å². The lowest BCUT2D eigenvalue weighted by atomic mass is 10.2. The van der Waals surface area contributed by atoms with Crippen LogP contribution in [0.3, 0.4) is 0 Å². The lowest BCUT2D eigenvalue weighted by Crippen LogP contribution is -2.49. The summed E-state index contributed by atoms with van der Waals surface area (Å²) in [5.74, 6) is -4.52. The van der Waals surface area contributed by atoms with Crippen LogP contribution < -0.4 is 16.4 Å². The van der Waals surface area contributed by atoms with Crippen molar-refractivity contribution < 1.29 is 26.8 Å². The summed E-state index contributed by atoms with van der Waals surface area (Å²) in [6, 6.07) is 4.98. The number of hydrogen-bond acceptors (Lipinski definition) is 5. The van der Waals surface area contributed by atoms with Crippen molar-refractivity contribution in [3.8, 4) is 0 Å². The van der Waals surface area contributed by atoms with E-state index in [1.54, 1.807) is 0 Å². The normalized spacial score (nSPS) is 16.4. The smallest absolute Gasteiger partial charge is 0.277 e. The molecule has 2 rings (SSSR count). The van der Waals surface area contributed by atoms with E-state index < -0.39 is 40.8 Å². The number of hydrogen-bond donors (Lipinski definition) is 3. The first-order chi connectivity index (χ1) is 11.7. The summed E-state index contributed by atoms with van der Waals surface area (Å²) in [6.45, 7) is -1.90. The molecule has 11 heteroatoms. The molecule has 0 radical (unpaired) electrons. The van der Waals surface area contributed by atoms with Gasteiger partial charge in [0.05, 0.1) is 24.5 Å². The molecular weight excluding hydrogens is 358 g/mol. The molecule has 25 heavy (non-hydrogen) atoms. The van der Waals surface area contributed by atoms with Crippen molar-refractivity contribution in [3.63, 3.8) is 0 Å². The molecule has 1 aliphatic heterocycles. The maximum absolute atomic E-state index is 13.1. The highest BCUT2D eigenvalue weighted by Gasteiger charge is 2.30. The number of carbonyl (C=O) groups is 2. The largest absolute Gasteiger partial charge is 0.354 e. The van der Waals surface area contributed by atoms with E-state index in [0.29, 0.717) is 0 Å². The first-order valence-electron chi connectivity index (χ1n) is 7.39. The van der Waals surface area contributed by atoms with Crippen LogP contribution in [-0.4, -0.2) is 63.2 Å². The number of rotatable bonds is 6. The monoisotopic (exact) mass is 376 g/mol. The van der Waals surface area contributed by atoms with E-state index in [4.69, 9.17) is 5.73 Å². The molecule has 138 valence electrons. The van der Waals surface area contributed by atoms with Crippen LogP contribution in [0.5, 0.6) is 0 Å². The van der Waals surface area contributed by atoms with Crippen LogP contribution in [0.15, 0.2) is 29.2 Å². The zero-order chi connectivity index (χ0) is 18.7. The first-order valence-corrected chi connectivity index (χ1v) is 8.83. The number of alkyl halides is 2. The van der Waals surface area contributed by atoms with Gasteiger partial charge < -0.3 is 16.4 Å². The Hall–Kier alpha value is -2.11. The van der Waals surface area contributed by atoms with Crippen molar-refractivity contribution in [2.75, 3.05) is 32.7 Å². The Morgan fingerprint density at radius 3 is 2.76 bits per heavy atom. The molecule has 1 aromatic carbocycles. The fourth-order valence-electron chi connectivity index (χ4n) is 2.15. The van der Waals surface area contributed by atoms with E-state index in [1.807, 2.05) is 5.32 Å². The number of carbonyl (C=O) groups excluding carboxylic acids is 2. The van der Waals surface area contributed by atoms with Crippen molar-refractivity contribution >= 4 is 21.8 Å². The van der Waals surface area contributed by atoms with E-state index in [0.717, 1.165) is 10.4 Å². The van der Waals surface area contributed by atoms with Gasteiger partial charge >= 0.3 is 0 Å². The lowest BCUT2D eigenvalue weighted by Gasteiger charge is -2.26. The Morgan fingerprint density at radius 1 is 1.40 bits per heavy atom. The van der Waals surface area contributed by atoms with Crippen LogP contribution in [-0.2, 0) is 14.8 Å². The molecule has 0 bridgehead atoms. The van der Waals surface area contributed by atoms with Crippen molar-refractivity contribution in [2.45, 2.75) is 10.8 Å². The van der Waals surface area contributed by atoms with Crippen LogP contribution in [0.4, 0.5) is 8.78 Å². The predicted octanol–water partition coefficient (Wildman–Crippen LogP) is -0.869. The van der Waals surface area contributed by atoms with Gasteiger partial charge in [0.25, 0.3) is 11.8 Å². The molecule has 1 fully saturated rings. The number of sulfonamides is 1. The van der Waals surface area contributed by atoms with Crippen LogP contribution >= 0.6 is 0 Å². The molecule has 2 amide bonds. The van der Waals surface area contributed by atoms with Crippen LogP contribution in [0.1, 0.15) is 10.4 Å². The molecule has 0 unspecified atom stereocenters. The topological polar surface area (TPSA) is 122 Å². The third-order valence-electron chi connectivity index (χ3n) is 3.54. The van der Waals surface area contributed by atoms with Crippen molar-refractivity contribution in [1.82, 2.24) is 14.9 Å². The Kier molecular flexibility index (Phi) is 5.70. The van der Waals surface area contributed by atoms with Crippen LogP contribution in [0, 0.1) is 0 Å². The lowest BCUT2D eigenvalue weighted by molar-refractivity contribution is -0.122. The summed E-state index contributed by atoms with van der Waals surface area (Å²) in [5, 5.41) is 4.53. The summed E-state index contributed by atoms with van der Waals surface area (Å²) in [6.07, 6.45) is 0. The summed E-state index contributed by atoms with van der Waals surface area (Å²) >= 11 is 0. The molecule has 8 nitrogen and oxygen atoms in total. The minimum atomic E-state index is -3.97. The van der Waals surface area contributed by atoms with Gasteiger partial charge in [-0.15, -0.1) is 0 Å². The fourth-order valence-corrected chi connectivity index (χ4v) is 3.59. The summed E-state index contributed by atoms with van der Waals surface area (Å²) < 4.78 is 52.3. The number of nitrogens with two attached hydrogens (primary N) is 1. The average Bonchev–Trinajstić information content (AvgIpc) is 2.60. The van der Waals surface area contributed by atoms with Gasteiger partial charge in [-0.3, -0.25) is 9.59 Å². The molecule has 0 aliphatic carbocycles. The highest BCUT2D eigenvalue weighted by atomic mass is 32.2. The zero-order valence-electron chi connectivity index (χ0n) is 13.2. The van der Waals surface area contributed by atoms with Gasteiger partial charge in [-0.1, -0.05) is 6.07 Å². The van der Waals surface area contributed by atoms with Gasteiger partial charge in [0.15, 0.2) is 0 Å². The van der Waals surface area contributed by atoms with Gasteiger partial charge in [-0.05, 0) is 18.2 Å². The molecule has 0 aromatic heterocycles. The summed E-state index contributed by atoms with van der Waals surface area (Å²) in [5.41, 5.74) is 4.80. The molecular formula is C14H18F2N4O4S. The maximum atomic E-state index is 13.1. The van der Waals surface area contributed by atoms with E-state index in [-0.39, 0.29) is 30.1 Å². The minimum absolute atomic E-state index is 0.0876. The van der Waals surface area contributed by atoms with E-state index in [9.17, 15) is 26.8 Å². The van der Waals surface area contributed by atoms with Gasteiger partial charge in [-0.25, -0.2) is 17.2 Å². The minimum Gasteiger partial charge on any atom is -0.354 e. The maximum Gasteiger partial charge on any atom is 0.277 e. The number of benzene rings is 1. The SMILES string of the molecule is NCC(F)(F)CNC(=O)c1cccc(S(=O)(=O)N2CCNC(=O)C2)c1. The van der Waals surface area contributed by atoms with Gasteiger partial charge in [0.2, 0.25) is 15.9 Å². The third-order valence-corrected chi connectivity index (χ3v) is 5.38. The number of amides is 2. The average molecular weight is 376 g/mol. The molecule has 0 atom stereocenters. The molecule has 4 N–H and O–H groups in total. The van der Waals surface area contributed by atoms with E-state index >= 15 is 0 Å². The quantitative estimate of drug-likeness (QED) is 0.596. The van der Waals surface area contributed by atoms with Gasteiger partial charge in [-0.2, -0.15) is 4.31 Å². The van der Waals surface area contributed by atoms with E-state index in [2.05, 4.69) is 5.32 Å². The highest BCUT2D eigenvalue weighted by molar-refractivity contribution is 7.89. The summed E-state index contributed by atoms with van der Waals surface area (Å²) in [7, 11) is -3.97. The number of piperazine rings is 1. The predicted molar refractivity (Wildman–Crippen MR) is 84.5 cm³/mol. The van der Waals surface area contributed by atoms with Crippen molar-refractivity contribution in [3.05, 3.63) is 29.8 Å². The Morgan fingerprint density at radius 2 is 2.12 bits per heavy atom. The van der Waals surface area contributed by atoms with Crippen molar-refractivity contribution in [1.29, 1.82) is 0 Å². The Balaban J connectivity index is 2.17. The Bertz CT molecular complexity index is 770. The second kappa shape index (κ2) is 7.42. The molecule has 1 aliphatic rings. The second-order valence-electron chi connectivity index (χ2n) is 5.46. The molecule has 0 saturated carbocycles. The molecule has 0 spiro atoms.